The van der Waals surface area contributed by atoms with Gasteiger partial charge in [-0.1, -0.05) is 77.4 Å². The summed E-state index contributed by atoms with van der Waals surface area (Å²) in [6.45, 7) is 4.46. The fourth-order valence-corrected chi connectivity index (χ4v) is 3.78. The normalized spacial score (nSPS) is 11.9. The van der Waals surface area contributed by atoms with Crippen LogP contribution in [0.2, 0.25) is 0 Å². The van der Waals surface area contributed by atoms with E-state index in [1.54, 1.807) is 0 Å². The third-order valence-electron chi connectivity index (χ3n) is 4.46. The molecule has 0 radical (unpaired) electrons. The number of hydrogen-bond donors (Lipinski definition) is 2. The van der Waals surface area contributed by atoms with E-state index >= 15 is 0 Å². The number of carbonyl (C=O) groups excluding carboxylic acids is 1. The molecule has 5 nitrogen and oxygen atoms in total. The third kappa shape index (κ3) is 19.7. The van der Waals surface area contributed by atoms with E-state index in [1.165, 1.54) is 57.8 Å². The highest BCUT2D eigenvalue weighted by Crippen LogP contribution is 2.10. The summed E-state index contributed by atoms with van der Waals surface area (Å²) in [5.41, 5.74) is 0. The summed E-state index contributed by atoms with van der Waals surface area (Å²) in [6.07, 6.45) is 21.2. The summed E-state index contributed by atoms with van der Waals surface area (Å²) >= 11 is 0. The minimum absolute atomic E-state index is 0.269. The van der Waals surface area contributed by atoms with Crippen molar-refractivity contribution in [3.05, 3.63) is 12.2 Å². The van der Waals surface area contributed by atoms with E-state index in [0.29, 0.717) is 13.0 Å². The van der Waals surface area contributed by atoms with Crippen LogP contribution in [-0.4, -0.2) is 20.9 Å². The Morgan fingerprint density at radius 1 is 0.741 bits per heavy atom. The Kier molecular flexibility index (Phi) is 17.9. The lowest BCUT2D eigenvalue weighted by atomic mass is 10.1. The van der Waals surface area contributed by atoms with Crippen LogP contribution < -0.4 is 9.44 Å². The van der Waals surface area contributed by atoms with Crippen molar-refractivity contribution in [2.45, 2.75) is 110 Å². The lowest BCUT2D eigenvalue weighted by Gasteiger charge is -2.07. The second-order valence-electron chi connectivity index (χ2n) is 7.26. The van der Waals surface area contributed by atoms with E-state index in [0.717, 1.165) is 25.7 Å². The summed E-state index contributed by atoms with van der Waals surface area (Å²) in [7, 11) is -3.67. The minimum Gasteiger partial charge on any atom is -0.274 e. The van der Waals surface area contributed by atoms with E-state index in [2.05, 4.69) is 28.5 Å². The molecule has 1 amide bonds. The summed E-state index contributed by atoms with van der Waals surface area (Å²) in [5.74, 6) is -0.420. The number of nitrogens with one attached hydrogen (secondary N) is 2. The number of allylic oxidation sites excluding steroid dienone is 2. The molecule has 0 saturated carbocycles. The number of carbonyl (C=O) groups is 1. The van der Waals surface area contributed by atoms with Crippen molar-refractivity contribution in [3.63, 3.8) is 0 Å². The first-order valence-electron chi connectivity index (χ1n) is 11.0. The molecule has 0 rings (SSSR count). The summed E-state index contributed by atoms with van der Waals surface area (Å²) < 4.78 is 27.4. The van der Waals surface area contributed by atoms with Crippen LogP contribution >= 0.6 is 0 Å². The molecule has 0 aliphatic heterocycles. The Hall–Kier alpha value is -0.880. The van der Waals surface area contributed by atoms with Crippen molar-refractivity contribution in [1.82, 2.24) is 9.44 Å². The minimum atomic E-state index is -3.67. The van der Waals surface area contributed by atoms with Crippen molar-refractivity contribution in [3.8, 4) is 0 Å². The molecule has 0 aliphatic carbocycles. The Morgan fingerprint density at radius 3 is 1.81 bits per heavy atom. The maximum atomic E-state index is 11.6. The average molecular weight is 403 g/mol. The van der Waals surface area contributed by atoms with Crippen molar-refractivity contribution in [1.29, 1.82) is 0 Å². The average Bonchev–Trinajstić information content (AvgIpc) is 2.63. The monoisotopic (exact) mass is 402 g/mol. The Morgan fingerprint density at radius 2 is 1.26 bits per heavy atom. The van der Waals surface area contributed by atoms with Gasteiger partial charge in [-0.05, 0) is 38.5 Å². The molecule has 27 heavy (non-hydrogen) atoms. The van der Waals surface area contributed by atoms with Gasteiger partial charge in [-0.25, -0.2) is 4.72 Å². The molecule has 0 heterocycles. The van der Waals surface area contributed by atoms with Gasteiger partial charge in [-0.15, -0.1) is 0 Å². The number of hydrogen-bond acceptors (Lipinski definition) is 3. The van der Waals surface area contributed by atoms with E-state index in [-0.39, 0.29) is 6.42 Å². The summed E-state index contributed by atoms with van der Waals surface area (Å²) in [6, 6.07) is 0. The van der Waals surface area contributed by atoms with Crippen LogP contribution in [0.15, 0.2) is 12.2 Å². The fraction of sp³-hybridized carbons (Fsp3) is 0.857. The summed E-state index contributed by atoms with van der Waals surface area (Å²) in [4.78, 5) is 11.6. The molecule has 2 N–H and O–H groups in total. The Labute approximate surface area is 168 Å². The first-order chi connectivity index (χ1) is 13.0. The molecule has 0 bridgehead atoms. The highest BCUT2D eigenvalue weighted by atomic mass is 32.2. The molecule has 6 heteroatoms. The lowest BCUT2D eigenvalue weighted by Crippen LogP contribution is -2.40. The van der Waals surface area contributed by atoms with Crippen LogP contribution in [0.25, 0.3) is 0 Å². The van der Waals surface area contributed by atoms with Crippen molar-refractivity contribution in [2.24, 2.45) is 0 Å². The van der Waals surface area contributed by atoms with Gasteiger partial charge in [-0.3, -0.25) is 4.79 Å². The SMILES string of the molecule is CCCCCCCCC=CCCCCCCCC(=O)NS(=O)(=O)NCCC. The van der Waals surface area contributed by atoms with Gasteiger partial charge in [-0.2, -0.15) is 13.1 Å². The van der Waals surface area contributed by atoms with Gasteiger partial charge in [0, 0.05) is 13.0 Å². The molecule has 0 unspecified atom stereocenters. The third-order valence-corrected chi connectivity index (χ3v) is 5.54. The largest absolute Gasteiger partial charge is 0.301 e. The van der Waals surface area contributed by atoms with E-state index in [9.17, 15) is 13.2 Å². The molecule has 0 aromatic rings. The number of rotatable bonds is 19. The maximum Gasteiger partial charge on any atom is 0.301 e. The van der Waals surface area contributed by atoms with Gasteiger partial charge in [0.25, 0.3) is 0 Å². The van der Waals surface area contributed by atoms with Crippen LogP contribution in [-0.2, 0) is 15.0 Å². The molecule has 0 fully saturated rings. The van der Waals surface area contributed by atoms with E-state index in [4.69, 9.17) is 0 Å². The fourth-order valence-electron chi connectivity index (χ4n) is 2.83. The summed E-state index contributed by atoms with van der Waals surface area (Å²) in [5, 5.41) is 0. The van der Waals surface area contributed by atoms with Gasteiger partial charge in [0.05, 0.1) is 0 Å². The topological polar surface area (TPSA) is 75.3 Å². The maximum absolute atomic E-state index is 11.6. The molecule has 0 spiro atoms. The van der Waals surface area contributed by atoms with Crippen molar-refractivity contribution < 1.29 is 13.2 Å². The molecule has 0 aromatic carbocycles. The van der Waals surface area contributed by atoms with Gasteiger partial charge < -0.3 is 0 Å². The van der Waals surface area contributed by atoms with Crippen LogP contribution in [0.1, 0.15) is 110 Å². The zero-order valence-electron chi connectivity index (χ0n) is 17.6. The lowest BCUT2D eigenvalue weighted by molar-refractivity contribution is -0.119. The first-order valence-corrected chi connectivity index (χ1v) is 12.5. The van der Waals surface area contributed by atoms with E-state index in [1.807, 2.05) is 6.92 Å². The molecular formula is C21H42N2O3S. The van der Waals surface area contributed by atoms with Gasteiger partial charge in [0.2, 0.25) is 5.91 Å². The number of unbranched alkanes of at least 4 members (excludes halogenated alkanes) is 11. The van der Waals surface area contributed by atoms with Crippen molar-refractivity contribution in [2.75, 3.05) is 6.54 Å². The molecule has 0 aromatic heterocycles. The Balaban J connectivity index is 3.42. The quantitative estimate of drug-likeness (QED) is 0.225. The molecular weight excluding hydrogens is 360 g/mol. The number of amides is 1. The zero-order valence-corrected chi connectivity index (χ0v) is 18.4. The van der Waals surface area contributed by atoms with Crippen LogP contribution in [0.3, 0.4) is 0 Å². The highest BCUT2D eigenvalue weighted by Gasteiger charge is 2.12. The molecule has 0 aliphatic rings. The first kappa shape index (κ1) is 26.1. The second kappa shape index (κ2) is 18.5. The predicted octanol–water partition coefficient (Wildman–Crippen LogP) is 5.38. The molecule has 0 saturated heterocycles. The van der Waals surface area contributed by atoms with Crippen LogP contribution in [0.5, 0.6) is 0 Å². The van der Waals surface area contributed by atoms with Gasteiger partial charge >= 0.3 is 10.2 Å². The molecule has 0 atom stereocenters. The second-order valence-corrected chi connectivity index (χ2v) is 8.76. The van der Waals surface area contributed by atoms with Gasteiger partial charge in [0.15, 0.2) is 0 Å². The molecule has 160 valence electrons. The van der Waals surface area contributed by atoms with E-state index < -0.39 is 16.1 Å². The van der Waals surface area contributed by atoms with Crippen LogP contribution in [0.4, 0.5) is 0 Å². The predicted molar refractivity (Wildman–Crippen MR) is 115 cm³/mol. The van der Waals surface area contributed by atoms with Crippen molar-refractivity contribution >= 4 is 16.1 Å². The highest BCUT2D eigenvalue weighted by molar-refractivity contribution is 7.88. The van der Waals surface area contributed by atoms with Crippen LogP contribution in [0, 0.1) is 0 Å². The Bertz CT molecular complexity index is 476. The standard InChI is InChI=1S/C21H42N2O3S/c1-3-5-6-7-8-9-10-11-12-13-14-15-16-17-18-19-21(24)23-27(25,26)22-20-4-2/h11-12,22H,3-10,13-20H2,1-2H3,(H,23,24). The zero-order chi connectivity index (χ0) is 20.2. The van der Waals surface area contributed by atoms with Gasteiger partial charge in [0.1, 0.15) is 0 Å². The smallest absolute Gasteiger partial charge is 0.274 e.